The van der Waals surface area contributed by atoms with E-state index in [9.17, 15) is 4.79 Å². The van der Waals surface area contributed by atoms with E-state index in [4.69, 9.17) is 10.5 Å². The van der Waals surface area contributed by atoms with Crippen molar-refractivity contribution in [2.45, 2.75) is 24.8 Å². The lowest BCUT2D eigenvalue weighted by Crippen LogP contribution is -2.40. The van der Waals surface area contributed by atoms with Crippen LogP contribution >= 0.6 is 0 Å². The van der Waals surface area contributed by atoms with E-state index in [1.807, 2.05) is 18.2 Å². The molecule has 104 valence electrons. The van der Waals surface area contributed by atoms with Crippen molar-refractivity contribution in [3.63, 3.8) is 0 Å². The highest BCUT2D eigenvalue weighted by molar-refractivity contribution is 5.83. The zero-order valence-electron chi connectivity index (χ0n) is 11.3. The number of rotatable bonds is 7. The molecule has 0 aliphatic heterocycles. The number of benzene rings is 1. The quantitative estimate of drug-likeness (QED) is 0.778. The molecule has 0 radical (unpaired) electrons. The smallest absolute Gasteiger partial charge is 0.224 e. The topological polar surface area (TPSA) is 64.3 Å². The predicted molar refractivity (Wildman–Crippen MR) is 74.8 cm³/mol. The molecule has 1 amide bonds. The van der Waals surface area contributed by atoms with Gasteiger partial charge in [-0.1, -0.05) is 30.3 Å². The Hall–Kier alpha value is -1.39. The molecule has 4 heteroatoms. The van der Waals surface area contributed by atoms with Gasteiger partial charge in [0.1, 0.15) is 0 Å². The van der Waals surface area contributed by atoms with Gasteiger partial charge in [0.05, 0.1) is 12.6 Å². The molecule has 4 nitrogen and oxygen atoms in total. The zero-order valence-corrected chi connectivity index (χ0v) is 11.3. The number of amides is 1. The summed E-state index contributed by atoms with van der Waals surface area (Å²) in [7, 11) is 1.64. The van der Waals surface area contributed by atoms with Crippen molar-refractivity contribution in [2.24, 2.45) is 11.7 Å². The maximum atomic E-state index is 12.1. The first-order valence-electron chi connectivity index (χ1n) is 6.80. The summed E-state index contributed by atoms with van der Waals surface area (Å²) in [6.45, 7) is 1.08. The highest BCUT2D eigenvalue weighted by Crippen LogP contribution is 2.47. The molecule has 3 atom stereocenters. The van der Waals surface area contributed by atoms with Crippen LogP contribution in [0.3, 0.4) is 0 Å². The van der Waals surface area contributed by atoms with Gasteiger partial charge in [-0.05, 0) is 30.9 Å². The summed E-state index contributed by atoms with van der Waals surface area (Å²) in [5, 5.41) is 3.04. The van der Waals surface area contributed by atoms with Crippen LogP contribution in [0.2, 0.25) is 0 Å². The Bertz CT molecular complexity index is 402. The molecule has 19 heavy (non-hydrogen) atoms. The third-order valence-corrected chi connectivity index (χ3v) is 3.58. The molecule has 1 aromatic rings. The van der Waals surface area contributed by atoms with Crippen molar-refractivity contribution >= 4 is 5.91 Å². The molecule has 3 unspecified atom stereocenters. The van der Waals surface area contributed by atoms with Crippen LogP contribution in [-0.4, -0.2) is 32.2 Å². The molecule has 3 N–H and O–H groups in total. The molecule has 0 aromatic heterocycles. The highest BCUT2D eigenvalue weighted by atomic mass is 16.5. The van der Waals surface area contributed by atoms with Crippen LogP contribution in [0, 0.1) is 5.92 Å². The van der Waals surface area contributed by atoms with Crippen LogP contribution in [-0.2, 0) is 9.53 Å². The Morgan fingerprint density at radius 1 is 1.47 bits per heavy atom. The van der Waals surface area contributed by atoms with Gasteiger partial charge in [-0.3, -0.25) is 4.79 Å². The maximum absolute atomic E-state index is 12.1. The fourth-order valence-electron chi connectivity index (χ4n) is 2.46. The van der Waals surface area contributed by atoms with E-state index in [1.54, 1.807) is 7.11 Å². The van der Waals surface area contributed by atoms with Gasteiger partial charge in [0.15, 0.2) is 0 Å². The van der Waals surface area contributed by atoms with Gasteiger partial charge in [-0.15, -0.1) is 0 Å². The standard InChI is InChI=1S/C15H22N2O2/c1-19-10-12(7-8-16)17-15(18)14-9-13(14)11-5-3-2-4-6-11/h2-6,12-14H,7-10,16H2,1H3,(H,17,18). The first kappa shape index (κ1) is 14.0. The van der Waals surface area contributed by atoms with Crippen LogP contribution in [0.25, 0.3) is 0 Å². The number of ether oxygens (including phenoxy) is 1. The Labute approximate surface area is 114 Å². The van der Waals surface area contributed by atoms with E-state index in [0.29, 0.717) is 19.1 Å². The lowest BCUT2D eigenvalue weighted by molar-refractivity contribution is -0.123. The summed E-state index contributed by atoms with van der Waals surface area (Å²) in [4.78, 5) is 12.1. The summed E-state index contributed by atoms with van der Waals surface area (Å²) in [5.41, 5.74) is 6.79. The molecule has 0 bridgehead atoms. The Morgan fingerprint density at radius 2 is 2.21 bits per heavy atom. The van der Waals surface area contributed by atoms with Gasteiger partial charge < -0.3 is 15.8 Å². The normalized spacial score (nSPS) is 22.8. The molecule has 1 aliphatic rings. The first-order valence-corrected chi connectivity index (χ1v) is 6.80. The highest BCUT2D eigenvalue weighted by Gasteiger charge is 2.44. The van der Waals surface area contributed by atoms with Gasteiger partial charge in [0, 0.05) is 13.0 Å². The summed E-state index contributed by atoms with van der Waals surface area (Å²) >= 11 is 0. The van der Waals surface area contributed by atoms with Crippen LogP contribution in [0.4, 0.5) is 0 Å². The fraction of sp³-hybridized carbons (Fsp3) is 0.533. The molecule has 1 fully saturated rings. The van der Waals surface area contributed by atoms with E-state index in [2.05, 4.69) is 17.4 Å². The number of carbonyl (C=O) groups is 1. The molecule has 1 aromatic carbocycles. The van der Waals surface area contributed by atoms with Crippen LogP contribution < -0.4 is 11.1 Å². The number of carbonyl (C=O) groups excluding carboxylic acids is 1. The monoisotopic (exact) mass is 262 g/mol. The summed E-state index contributed by atoms with van der Waals surface area (Å²) in [6.07, 6.45) is 1.69. The van der Waals surface area contributed by atoms with Crippen molar-refractivity contribution in [2.75, 3.05) is 20.3 Å². The predicted octanol–water partition coefficient (Wildman–Crippen LogP) is 1.27. The average molecular weight is 262 g/mol. The first-order chi connectivity index (χ1) is 9.26. The van der Waals surface area contributed by atoms with Crippen molar-refractivity contribution < 1.29 is 9.53 Å². The van der Waals surface area contributed by atoms with Gasteiger partial charge >= 0.3 is 0 Å². The number of hydrogen-bond acceptors (Lipinski definition) is 3. The Kier molecular flexibility index (Phi) is 4.93. The van der Waals surface area contributed by atoms with Crippen molar-refractivity contribution in [3.05, 3.63) is 35.9 Å². The Balaban J connectivity index is 1.85. The van der Waals surface area contributed by atoms with Crippen molar-refractivity contribution in [3.8, 4) is 0 Å². The maximum Gasteiger partial charge on any atom is 0.224 e. The van der Waals surface area contributed by atoms with E-state index in [1.165, 1.54) is 5.56 Å². The van der Waals surface area contributed by atoms with Crippen molar-refractivity contribution in [1.29, 1.82) is 0 Å². The summed E-state index contributed by atoms with van der Waals surface area (Å²) in [6, 6.07) is 10.2. The summed E-state index contributed by atoms with van der Waals surface area (Å²) in [5.74, 6) is 0.617. The van der Waals surface area contributed by atoms with Gasteiger partial charge in [-0.25, -0.2) is 0 Å². The van der Waals surface area contributed by atoms with E-state index >= 15 is 0 Å². The molecule has 2 rings (SSSR count). The van der Waals surface area contributed by atoms with E-state index < -0.39 is 0 Å². The second-order valence-electron chi connectivity index (χ2n) is 5.10. The van der Waals surface area contributed by atoms with E-state index in [0.717, 1.165) is 12.8 Å². The lowest BCUT2D eigenvalue weighted by Gasteiger charge is -2.17. The molecular weight excluding hydrogens is 240 g/mol. The largest absolute Gasteiger partial charge is 0.383 e. The second kappa shape index (κ2) is 6.68. The minimum atomic E-state index is 0.0273. The Morgan fingerprint density at radius 3 is 2.84 bits per heavy atom. The second-order valence-corrected chi connectivity index (χ2v) is 5.10. The van der Waals surface area contributed by atoms with Gasteiger partial charge in [0.25, 0.3) is 0 Å². The molecule has 0 saturated heterocycles. The number of methoxy groups -OCH3 is 1. The molecule has 1 aliphatic carbocycles. The molecular formula is C15H22N2O2. The van der Waals surface area contributed by atoms with Gasteiger partial charge in [0.2, 0.25) is 5.91 Å². The molecule has 0 spiro atoms. The van der Waals surface area contributed by atoms with Crippen LogP contribution in [0.5, 0.6) is 0 Å². The van der Waals surface area contributed by atoms with Crippen LogP contribution in [0.1, 0.15) is 24.3 Å². The average Bonchev–Trinajstić information content (AvgIpc) is 3.20. The molecule has 0 heterocycles. The lowest BCUT2D eigenvalue weighted by atomic mass is 10.1. The third kappa shape index (κ3) is 3.78. The van der Waals surface area contributed by atoms with E-state index in [-0.39, 0.29) is 17.9 Å². The number of hydrogen-bond donors (Lipinski definition) is 2. The fourth-order valence-corrected chi connectivity index (χ4v) is 2.46. The van der Waals surface area contributed by atoms with Gasteiger partial charge in [-0.2, -0.15) is 0 Å². The third-order valence-electron chi connectivity index (χ3n) is 3.58. The summed E-state index contributed by atoms with van der Waals surface area (Å²) < 4.78 is 5.10. The minimum Gasteiger partial charge on any atom is -0.383 e. The number of nitrogens with two attached hydrogens (primary N) is 1. The number of nitrogens with one attached hydrogen (secondary N) is 1. The zero-order chi connectivity index (χ0) is 13.7. The molecule has 1 saturated carbocycles. The minimum absolute atomic E-state index is 0.0273. The van der Waals surface area contributed by atoms with Crippen LogP contribution in [0.15, 0.2) is 30.3 Å². The SMILES string of the molecule is COCC(CCN)NC(=O)C1CC1c1ccccc1. The van der Waals surface area contributed by atoms with Crippen molar-refractivity contribution in [1.82, 2.24) is 5.32 Å².